The smallest absolute Gasteiger partial charge is 0.272 e. The molecule has 0 aliphatic rings. The van der Waals surface area contributed by atoms with Crippen molar-refractivity contribution in [2.75, 3.05) is 5.32 Å². The van der Waals surface area contributed by atoms with Crippen molar-refractivity contribution < 1.29 is 18.0 Å². The molecule has 0 aliphatic carbocycles. The Morgan fingerprint density at radius 3 is 2.71 bits per heavy atom. The topological polar surface area (TPSA) is 83.6 Å². The van der Waals surface area contributed by atoms with Gasteiger partial charge in [0.2, 0.25) is 5.91 Å². The Labute approximate surface area is 175 Å². The summed E-state index contributed by atoms with van der Waals surface area (Å²) >= 11 is 0. The number of carbonyl (C=O) groups excluding carboxylic acids is 1. The lowest BCUT2D eigenvalue weighted by atomic mass is 10.0. The van der Waals surface area contributed by atoms with Crippen LogP contribution in [0.4, 0.5) is 18.9 Å². The Morgan fingerprint density at radius 2 is 1.97 bits per heavy atom. The van der Waals surface area contributed by atoms with E-state index in [0.29, 0.717) is 22.3 Å². The van der Waals surface area contributed by atoms with Crippen molar-refractivity contribution in [1.29, 1.82) is 0 Å². The number of benzene rings is 1. The minimum Gasteiger partial charge on any atom is -0.324 e. The van der Waals surface area contributed by atoms with Gasteiger partial charge in [-0.05, 0) is 30.7 Å². The van der Waals surface area contributed by atoms with E-state index in [1.165, 1.54) is 18.5 Å². The first kappa shape index (κ1) is 20.5. The molecule has 0 bridgehead atoms. The third kappa shape index (κ3) is 4.40. The van der Waals surface area contributed by atoms with Crippen LogP contribution < -0.4 is 5.32 Å². The fourth-order valence-electron chi connectivity index (χ4n) is 3.21. The Morgan fingerprint density at radius 1 is 1.16 bits per heavy atom. The Hall–Kier alpha value is -3.75. The fourth-order valence-corrected chi connectivity index (χ4v) is 3.21. The standard InChI is InChI=1S/C22H18F3N5O/c1-12-18-7-14(9-27-21(18)30-29-12)17-4-3-13(5-19(17)23)6-20(31)28-16-8-15(10-26-11-16)22(2,24)25/h3-5,7-11H,6H2,1-2H3,(H,28,31)(H,27,29,30). The van der Waals surface area contributed by atoms with Gasteiger partial charge in [-0.3, -0.25) is 14.9 Å². The molecule has 4 rings (SSSR count). The molecule has 0 aliphatic heterocycles. The molecule has 6 nitrogen and oxygen atoms in total. The number of carbonyl (C=O) groups is 1. The van der Waals surface area contributed by atoms with Crippen LogP contribution in [0.5, 0.6) is 0 Å². The molecular formula is C22H18F3N5O. The molecule has 2 N–H and O–H groups in total. The van der Waals surface area contributed by atoms with Gasteiger partial charge in [0.25, 0.3) is 5.92 Å². The number of hydrogen-bond acceptors (Lipinski definition) is 4. The summed E-state index contributed by atoms with van der Waals surface area (Å²) < 4.78 is 41.6. The molecule has 0 atom stereocenters. The lowest BCUT2D eigenvalue weighted by Gasteiger charge is -2.12. The van der Waals surface area contributed by atoms with Crippen LogP contribution in [-0.4, -0.2) is 26.1 Å². The molecule has 31 heavy (non-hydrogen) atoms. The second-order valence-electron chi connectivity index (χ2n) is 7.33. The number of H-pyrrole nitrogens is 1. The van der Waals surface area contributed by atoms with E-state index in [-0.39, 0.29) is 17.7 Å². The van der Waals surface area contributed by atoms with Gasteiger partial charge in [0.05, 0.1) is 18.3 Å². The summed E-state index contributed by atoms with van der Waals surface area (Å²) in [4.78, 5) is 20.3. The Balaban J connectivity index is 1.50. The van der Waals surface area contributed by atoms with E-state index >= 15 is 0 Å². The number of amides is 1. The van der Waals surface area contributed by atoms with Crippen molar-refractivity contribution in [2.45, 2.75) is 26.2 Å². The van der Waals surface area contributed by atoms with Crippen LogP contribution in [0.2, 0.25) is 0 Å². The van der Waals surface area contributed by atoms with Crippen molar-refractivity contribution in [3.8, 4) is 11.1 Å². The average molecular weight is 425 g/mol. The molecule has 0 saturated heterocycles. The van der Waals surface area contributed by atoms with Gasteiger partial charge in [0.15, 0.2) is 5.65 Å². The van der Waals surface area contributed by atoms with Gasteiger partial charge in [-0.2, -0.15) is 5.10 Å². The van der Waals surface area contributed by atoms with Gasteiger partial charge in [-0.15, -0.1) is 0 Å². The molecule has 1 aromatic carbocycles. The molecule has 0 radical (unpaired) electrons. The molecular weight excluding hydrogens is 407 g/mol. The number of rotatable bonds is 5. The van der Waals surface area contributed by atoms with Gasteiger partial charge in [-0.25, -0.2) is 18.2 Å². The number of anilines is 1. The number of alkyl halides is 2. The normalized spacial score (nSPS) is 11.6. The number of fused-ring (bicyclic) bond motifs is 1. The van der Waals surface area contributed by atoms with Crippen LogP contribution in [0.3, 0.4) is 0 Å². The second-order valence-corrected chi connectivity index (χ2v) is 7.33. The molecule has 0 spiro atoms. The number of hydrogen-bond donors (Lipinski definition) is 2. The molecule has 0 fully saturated rings. The predicted octanol–water partition coefficient (Wildman–Crippen LogP) is 4.76. The molecule has 3 aromatic heterocycles. The predicted molar refractivity (Wildman–Crippen MR) is 110 cm³/mol. The highest BCUT2D eigenvalue weighted by atomic mass is 19.3. The number of aromatic amines is 1. The van der Waals surface area contributed by atoms with E-state index in [1.807, 2.05) is 6.92 Å². The molecule has 1 amide bonds. The highest BCUT2D eigenvalue weighted by Gasteiger charge is 2.25. The molecule has 0 saturated carbocycles. The average Bonchev–Trinajstić information content (AvgIpc) is 3.08. The Bertz CT molecular complexity index is 1280. The summed E-state index contributed by atoms with van der Waals surface area (Å²) in [5.74, 6) is -4.04. The van der Waals surface area contributed by atoms with Crippen LogP contribution >= 0.6 is 0 Å². The first-order chi connectivity index (χ1) is 14.7. The largest absolute Gasteiger partial charge is 0.324 e. The van der Waals surface area contributed by atoms with E-state index in [0.717, 1.165) is 30.3 Å². The molecule has 3 heterocycles. The first-order valence-electron chi connectivity index (χ1n) is 9.43. The minimum atomic E-state index is -3.07. The van der Waals surface area contributed by atoms with E-state index in [2.05, 4.69) is 25.5 Å². The fraction of sp³-hybridized carbons (Fsp3) is 0.182. The van der Waals surface area contributed by atoms with Gasteiger partial charge >= 0.3 is 0 Å². The zero-order valence-corrected chi connectivity index (χ0v) is 16.7. The zero-order valence-electron chi connectivity index (χ0n) is 16.7. The third-order valence-electron chi connectivity index (χ3n) is 4.84. The highest BCUT2D eigenvalue weighted by Crippen LogP contribution is 2.28. The number of nitrogens with one attached hydrogen (secondary N) is 2. The third-order valence-corrected chi connectivity index (χ3v) is 4.84. The molecule has 9 heteroatoms. The number of nitrogens with zero attached hydrogens (tertiary/aromatic N) is 3. The lowest BCUT2D eigenvalue weighted by molar-refractivity contribution is -0.115. The summed E-state index contributed by atoms with van der Waals surface area (Å²) in [6.07, 6.45) is 3.73. The number of pyridine rings is 2. The van der Waals surface area contributed by atoms with E-state index in [4.69, 9.17) is 0 Å². The van der Waals surface area contributed by atoms with Gasteiger partial charge in [0, 0.05) is 47.1 Å². The summed E-state index contributed by atoms with van der Waals surface area (Å²) in [5, 5.41) is 10.2. The van der Waals surface area contributed by atoms with Gasteiger partial charge in [0.1, 0.15) is 5.82 Å². The maximum Gasteiger partial charge on any atom is 0.272 e. The maximum absolute atomic E-state index is 14.7. The number of aromatic nitrogens is 4. The highest BCUT2D eigenvalue weighted by molar-refractivity contribution is 5.92. The maximum atomic E-state index is 14.7. The number of aryl methyl sites for hydroxylation is 1. The van der Waals surface area contributed by atoms with Crippen molar-refractivity contribution >= 4 is 22.6 Å². The van der Waals surface area contributed by atoms with Crippen LogP contribution in [0, 0.1) is 12.7 Å². The van der Waals surface area contributed by atoms with E-state index in [9.17, 15) is 18.0 Å². The number of halogens is 3. The lowest BCUT2D eigenvalue weighted by Crippen LogP contribution is -2.16. The van der Waals surface area contributed by atoms with E-state index < -0.39 is 17.6 Å². The van der Waals surface area contributed by atoms with Crippen molar-refractivity contribution in [3.05, 3.63) is 71.6 Å². The molecule has 158 valence electrons. The summed E-state index contributed by atoms with van der Waals surface area (Å²) in [6, 6.07) is 7.45. The van der Waals surface area contributed by atoms with Crippen LogP contribution in [0.25, 0.3) is 22.2 Å². The van der Waals surface area contributed by atoms with Crippen molar-refractivity contribution in [3.63, 3.8) is 0 Å². The SMILES string of the molecule is Cc1[nH]nc2ncc(-c3ccc(CC(=O)Nc4cncc(C(C)(F)F)c4)cc3F)cc12. The zero-order chi connectivity index (χ0) is 22.2. The summed E-state index contributed by atoms with van der Waals surface area (Å²) in [5.41, 5.74) is 2.61. The second kappa shape index (κ2) is 7.82. The molecule has 0 unspecified atom stereocenters. The van der Waals surface area contributed by atoms with Crippen LogP contribution in [0.1, 0.15) is 23.7 Å². The van der Waals surface area contributed by atoms with Crippen LogP contribution in [0.15, 0.2) is 48.9 Å². The van der Waals surface area contributed by atoms with Crippen LogP contribution in [-0.2, 0) is 17.1 Å². The monoisotopic (exact) mass is 425 g/mol. The molecule has 4 aromatic rings. The van der Waals surface area contributed by atoms with Gasteiger partial charge < -0.3 is 5.32 Å². The first-order valence-corrected chi connectivity index (χ1v) is 9.43. The van der Waals surface area contributed by atoms with E-state index in [1.54, 1.807) is 18.2 Å². The van der Waals surface area contributed by atoms with Crippen molar-refractivity contribution in [2.24, 2.45) is 0 Å². The minimum absolute atomic E-state index is 0.123. The summed E-state index contributed by atoms with van der Waals surface area (Å²) in [6.45, 7) is 2.60. The Kier molecular flexibility index (Phi) is 5.18. The summed E-state index contributed by atoms with van der Waals surface area (Å²) in [7, 11) is 0. The van der Waals surface area contributed by atoms with Crippen molar-refractivity contribution in [1.82, 2.24) is 20.2 Å². The quantitative estimate of drug-likeness (QED) is 0.483. The van der Waals surface area contributed by atoms with Gasteiger partial charge in [-0.1, -0.05) is 12.1 Å².